The molecule has 0 unspecified atom stereocenters. The molecule has 0 aliphatic rings. The van der Waals surface area contributed by atoms with Gasteiger partial charge in [0.15, 0.2) is 11.6 Å². The van der Waals surface area contributed by atoms with E-state index >= 15 is 0 Å². The molecule has 0 radical (unpaired) electrons. The van der Waals surface area contributed by atoms with Gasteiger partial charge in [0.25, 0.3) is 0 Å². The number of carbonyl (C=O) groups excluding carboxylic acids is 2. The van der Waals surface area contributed by atoms with Gasteiger partial charge >= 0.3 is 0 Å². The Kier molecular flexibility index (Phi) is 4.31. The van der Waals surface area contributed by atoms with E-state index in [2.05, 4.69) is 0 Å². The average molecular weight is 268 g/mol. The number of methoxy groups -OCH3 is 1. The Morgan fingerprint density at radius 1 is 0.900 bits per heavy atom. The van der Waals surface area contributed by atoms with Gasteiger partial charge in [-0.3, -0.25) is 9.59 Å². The van der Waals surface area contributed by atoms with E-state index in [9.17, 15) is 9.59 Å². The van der Waals surface area contributed by atoms with Crippen LogP contribution in [0.25, 0.3) is 0 Å². The maximum atomic E-state index is 12.1. The van der Waals surface area contributed by atoms with Crippen molar-refractivity contribution in [3.8, 4) is 5.75 Å². The number of ether oxygens (including phenoxy) is 1. The average Bonchev–Trinajstić information content (AvgIpc) is 2.48. The zero-order chi connectivity index (χ0) is 14.5. The normalized spacial score (nSPS) is 10.1. The van der Waals surface area contributed by atoms with Gasteiger partial charge < -0.3 is 4.74 Å². The van der Waals surface area contributed by atoms with E-state index in [1.54, 1.807) is 43.5 Å². The van der Waals surface area contributed by atoms with Crippen LogP contribution in [0.2, 0.25) is 0 Å². The molecule has 3 nitrogen and oxygen atoms in total. The van der Waals surface area contributed by atoms with Crippen LogP contribution in [0.5, 0.6) is 5.75 Å². The van der Waals surface area contributed by atoms with Crippen LogP contribution in [-0.2, 0) is 6.42 Å². The molecule has 102 valence electrons. The second-order valence-corrected chi connectivity index (χ2v) is 4.58. The van der Waals surface area contributed by atoms with Crippen LogP contribution < -0.4 is 4.74 Å². The molecule has 0 amide bonds. The van der Waals surface area contributed by atoms with E-state index in [0.717, 1.165) is 11.3 Å². The van der Waals surface area contributed by atoms with Crippen molar-refractivity contribution in [3.05, 3.63) is 65.2 Å². The van der Waals surface area contributed by atoms with E-state index in [1.165, 1.54) is 6.92 Å². The molecule has 0 aromatic heterocycles. The number of carbonyl (C=O) groups is 2. The van der Waals surface area contributed by atoms with Crippen molar-refractivity contribution in [2.45, 2.75) is 13.3 Å². The molecule has 3 heteroatoms. The van der Waals surface area contributed by atoms with Crippen molar-refractivity contribution in [1.82, 2.24) is 0 Å². The first-order valence-electron chi connectivity index (χ1n) is 6.37. The van der Waals surface area contributed by atoms with Crippen molar-refractivity contribution in [1.29, 1.82) is 0 Å². The maximum absolute atomic E-state index is 12.1. The van der Waals surface area contributed by atoms with Crippen LogP contribution >= 0.6 is 0 Å². The maximum Gasteiger partial charge on any atom is 0.167 e. The lowest BCUT2D eigenvalue weighted by atomic mass is 10.0. The Bertz CT molecular complexity index is 610. The zero-order valence-electron chi connectivity index (χ0n) is 11.6. The third-order valence-electron chi connectivity index (χ3n) is 3.14. The Labute approximate surface area is 118 Å². The van der Waals surface area contributed by atoms with E-state index in [1.807, 2.05) is 12.1 Å². The molecular formula is C17H16O3. The second kappa shape index (κ2) is 6.15. The summed E-state index contributed by atoms with van der Waals surface area (Å²) >= 11 is 0. The summed E-state index contributed by atoms with van der Waals surface area (Å²) in [6, 6.07) is 14.2. The van der Waals surface area contributed by atoms with Gasteiger partial charge in [0.1, 0.15) is 5.75 Å². The Morgan fingerprint density at radius 2 is 1.45 bits per heavy atom. The smallest absolute Gasteiger partial charge is 0.167 e. The first-order chi connectivity index (χ1) is 9.60. The first-order valence-corrected chi connectivity index (χ1v) is 6.37. The SMILES string of the molecule is COc1ccc(C(=O)Cc2ccc(C(C)=O)cc2)cc1. The van der Waals surface area contributed by atoms with Crippen molar-refractivity contribution in [3.63, 3.8) is 0 Å². The standard InChI is InChI=1S/C17H16O3/c1-12(18)14-5-3-13(4-6-14)11-17(19)15-7-9-16(20-2)10-8-15/h3-10H,11H2,1-2H3. The minimum absolute atomic E-state index is 0.0260. The van der Waals surface area contributed by atoms with Crippen LogP contribution in [-0.4, -0.2) is 18.7 Å². The third kappa shape index (κ3) is 3.32. The molecule has 0 atom stereocenters. The molecule has 0 N–H and O–H groups in total. The van der Waals surface area contributed by atoms with E-state index < -0.39 is 0 Å². The predicted octanol–water partition coefficient (Wildman–Crippen LogP) is 3.32. The summed E-state index contributed by atoms with van der Waals surface area (Å²) in [5.74, 6) is 0.800. The molecule has 0 saturated heterocycles. The number of benzene rings is 2. The molecule has 2 rings (SSSR count). The third-order valence-corrected chi connectivity index (χ3v) is 3.14. The van der Waals surface area contributed by atoms with Crippen LogP contribution in [0, 0.1) is 0 Å². The highest BCUT2D eigenvalue weighted by Gasteiger charge is 2.08. The highest BCUT2D eigenvalue weighted by molar-refractivity contribution is 5.98. The molecule has 20 heavy (non-hydrogen) atoms. The monoisotopic (exact) mass is 268 g/mol. The van der Waals surface area contributed by atoms with Crippen LogP contribution in [0.15, 0.2) is 48.5 Å². The molecule has 0 fully saturated rings. The summed E-state index contributed by atoms with van der Waals surface area (Å²) < 4.78 is 5.06. The lowest BCUT2D eigenvalue weighted by Crippen LogP contribution is -2.04. The zero-order valence-corrected chi connectivity index (χ0v) is 11.6. The van der Waals surface area contributed by atoms with E-state index in [4.69, 9.17) is 4.74 Å². The minimum Gasteiger partial charge on any atom is -0.497 e. The minimum atomic E-state index is 0.0260. The number of Topliss-reactive ketones (excluding diaryl/α,β-unsaturated/α-hetero) is 2. The first kappa shape index (κ1) is 14.0. The predicted molar refractivity (Wildman–Crippen MR) is 77.5 cm³/mol. The van der Waals surface area contributed by atoms with Gasteiger partial charge in [-0.2, -0.15) is 0 Å². The fourth-order valence-electron chi connectivity index (χ4n) is 1.92. The van der Waals surface area contributed by atoms with Crippen molar-refractivity contribution < 1.29 is 14.3 Å². The van der Waals surface area contributed by atoms with Gasteiger partial charge in [0.05, 0.1) is 7.11 Å². The summed E-state index contributed by atoms with van der Waals surface area (Å²) in [6.45, 7) is 1.53. The Balaban J connectivity index is 2.08. The van der Waals surface area contributed by atoms with Crippen LogP contribution in [0.3, 0.4) is 0 Å². The van der Waals surface area contributed by atoms with Crippen LogP contribution in [0.4, 0.5) is 0 Å². The number of hydrogen-bond acceptors (Lipinski definition) is 3. The van der Waals surface area contributed by atoms with Crippen LogP contribution in [0.1, 0.15) is 33.2 Å². The number of ketones is 2. The molecule has 0 aliphatic heterocycles. The lowest BCUT2D eigenvalue weighted by molar-refractivity contribution is 0.0991. The molecule has 0 bridgehead atoms. The van der Waals surface area contributed by atoms with Gasteiger partial charge in [-0.1, -0.05) is 24.3 Å². The molecule has 0 heterocycles. The number of hydrogen-bond donors (Lipinski definition) is 0. The molecule has 0 aliphatic carbocycles. The summed E-state index contributed by atoms with van der Waals surface area (Å²) in [7, 11) is 1.59. The largest absolute Gasteiger partial charge is 0.497 e. The quantitative estimate of drug-likeness (QED) is 0.781. The molecular weight excluding hydrogens is 252 g/mol. The molecule has 0 saturated carbocycles. The van der Waals surface area contributed by atoms with Gasteiger partial charge in [-0.25, -0.2) is 0 Å². The van der Waals surface area contributed by atoms with Gasteiger partial charge in [0, 0.05) is 17.5 Å². The Hall–Kier alpha value is -2.42. The highest BCUT2D eigenvalue weighted by atomic mass is 16.5. The highest BCUT2D eigenvalue weighted by Crippen LogP contribution is 2.14. The fourth-order valence-corrected chi connectivity index (χ4v) is 1.92. The lowest BCUT2D eigenvalue weighted by Gasteiger charge is -2.04. The van der Waals surface area contributed by atoms with Crippen molar-refractivity contribution in [2.24, 2.45) is 0 Å². The number of rotatable bonds is 5. The fraction of sp³-hybridized carbons (Fsp3) is 0.176. The summed E-state index contributed by atoms with van der Waals surface area (Å²) in [4.78, 5) is 23.3. The van der Waals surface area contributed by atoms with Gasteiger partial charge in [-0.15, -0.1) is 0 Å². The molecule has 2 aromatic rings. The molecule has 0 spiro atoms. The van der Waals surface area contributed by atoms with E-state index in [0.29, 0.717) is 17.5 Å². The summed E-state index contributed by atoms with van der Waals surface area (Å²) in [5.41, 5.74) is 2.21. The van der Waals surface area contributed by atoms with Gasteiger partial charge in [-0.05, 0) is 36.8 Å². The van der Waals surface area contributed by atoms with Crippen molar-refractivity contribution >= 4 is 11.6 Å². The second-order valence-electron chi connectivity index (χ2n) is 4.58. The van der Waals surface area contributed by atoms with Gasteiger partial charge in [0.2, 0.25) is 0 Å². The summed E-state index contributed by atoms with van der Waals surface area (Å²) in [6.07, 6.45) is 0.324. The van der Waals surface area contributed by atoms with Crippen molar-refractivity contribution in [2.75, 3.05) is 7.11 Å². The Morgan fingerprint density at radius 3 is 1.95 bits per heavy atom. The summed E-state index contributed by atoms with van der Waals surface area (Å²) in [5, 5.41) is 0. The topological polar surface area (TPSA) is 43.4 Å². The van der Waals surface area contributed by atoms with E-state index in [-0.39, 0.29) is 11.6 Å². The molecule has 2 aromatic carbocycles.